The Morgan fingerprint density at radius 3 is 2.60 bits per heavy atom. The van der Waals surface area contributed by atoms with Gasteiger partial charge in [-0.25, -0.2) is 4.39 Å². The van der Waals surface area contributed by atoms with Crippen molar-refractivity contribution in [3.63, 3.8) is 0 Å². The molecule has 0 spiro atoms. The quantitative estimate of drug-likeness (QED) is 0.587. The Morgan fingerprint density at radius 2 is 1.84 bits per heavy atom. The fourth-order valence-electron chi connectivity index (χ4n) is 2.50. The molecule has 128 valence electrons. The molecular weight excluding hydrogens is 337 g/mol. The standard InChI is InChI=1S/C21H19ClFNO/c1-15-5-4-7-18(11-15)24-13-16-9-10-21(19(22)12-16)25-14-17-6-2-3-8-20(17)23/h2-12,24H,13-14H2,1H3. The lowest BCUT2D eigenvalue weighted by Crippen LogP contribution is -2.01. The van der Waals surface area contributed by atoms with E-state index in [9.17, 15) is 4.39 Å². The number of benzene rings is 3. The van der Waals surface area contributed by atoms with Gasteiger partial charge in [0.25, 0.3) is 0 Å². The van der Waals surface area contributed by atoms with Gasteiger partial charge in [0, 0.05) is 17.8 Å². The Labute approximate surface area is 152 Å². The molecule has 0 saturated heterocycles. The van der Waals surface area contributed by atoms with E-state index in [0.717, 1.165) is 11.3 Å². The normalized spacial score (nSPS) is 10.5. The molecule has 2 nitrogen and oxygen atoms in total. The van der Waals surface area contributed by atoms with Gasteiger partial charge >= 0.3 is 0 Å². The number of halogens is 2. The summed E-state index contributed by atoms with van der Waals surface area (Å²) >= 11 is 6.30. The molecule has 0 unspecified atom stereocenters. The molecular formula is C21H19ClFNO. The molecule has 3 aromatic carbocycles. The molecule has 0 fully saturated rings. The van der Waals surface area contributed by atoms with Crippen LogP contribution >= 0.6 is 11.6 Å². The van der Waals surface area contributed by atoms with E-state index in [1.807, 2.05) is 30.3 Å². The van der Waals surface area contributed by atoms with Crippen molar-refractivity contribution in [1.82, 2.24) is 0 Å². The lowest BCUT2D eigenvalue weighted by molar-refractivity contribution is 0.300. The van der Waals surface area contributed by atoms with Gasteiger partial charge in [-0.1, -0.05) is 48.0 Å². The average Bonchev–Trinajstić information content (AvgIpc) is 2.60. The number of hydrogen-bond donors (Lipinski definition) is 1. The zero-order valence-electron chi connectivity index (χ0n) is 13.9. The molecule has 3 aromatic rings. The Morgan fingerprint density at radius 1 is 1.00 bits per heavy atom. The Balaban J connectivity index is 1.61. The molecule has 1 N–H and O–H groups in total. The first-order valence-corrected chi connectivity index (χ1v) is 8.45. The number of rotatable bonds is 6. The third-order valence-corrected chi connectivity index (χ3v) is 4.15. The first-order chi connectivity index (χ1) is 12.1. The first-order valence-electron chi connectivity index (χ1n) is 8.07. The highest BCUT2D eigenvalue weighted by molar-refractivity contribution is 6.32. The fourth-order valence-corrected chi connectivity index (χ4v) is 2.76. The van der Waals surface area contributed by atoms with E-state index in [4.69, 9.17) is 16.3 Å². The first kappa shape index (κ1) is 17.3. The van der Waals surface area contributed by atoms with Gasteiger partial charge in [0.2, 0.25) is 0 Å². The summed E-state index contributed by atoms with van der Waals surface area (Å²) in [6.45, 7) is 2.87. The molecule has 0 aliphatic heterocycles. The van der Waals surface area contributed by atoms with E-state index in [-0.39, 0.29) is 12.4 Å². The Kier molecular flexibility index (Phi) is 5.56. The number of aryl methyl sites for hydroxylation is 1. The van der Waals surface area contributed by atoms with Crippen LogP contribution in [0.25, 0.3) is 0 Å². The second-order valence-corrected chi connectivity index (χ2v) is 6.28. The van der Waals surface area contributed by atoms with E-state index in [1.54, 1.807) is 18.2 Å². The van der Waals surface area contributed by atoms with Gasteiger partial charge in [-0.05, 0) is 48.4 Å². The van der Waals surface area contributed by atoms with Gasteiger partial charge in [0.05, 0.1) is 5.02 Å². The Hall–Kier alpha value is -2.52. The topological polar surface area (TPSA) is 21.3 Å². The van der Waals surface area contributed by atoms with Gasteiger partial charge in [-0.15, -0.1) is 0 Å². The van der Waals surface area contributed by atoms with E-state index in [1.165, 1.54) is 11.6 Å². The number of hydrogen-bond acceptors (Lipinski definition) is 2. The summed E-state index contributed by atoms with van der Waals surface area (Å²) in [6.07, 6.45) is 0. The maximum Gasteiger partial charge on any atom is 0.138 e. The van der Waals surface area contributed by atoms with Gasteiger partial charge in [0.1, 0.15) is 18.2 Å². The van der Waals surface area contributed by atoms with Crippen LogP contribution in [0.15, 0.2) is 66.7 Å². The minimum atomic E-state index is -0.280. The predicted octanol–water partition coefficient (Wildman–Crippen LogP) is 5.98. The molecule has 0 aromatic heterocycles. The van der Waals surface area contributed by atoms with Gasteiger partial charge in [0.15, 0.2) is 0 Å². The summed E-state index contributed by atoms with van der Waals surface area (Å²) < 4.78 is 19.3. The smallest absolute Gasteiger partial charge is 0.138 e. The highest BCUT2D eigenvalue weighted by atomic mass is 35.5. The predicted molar refractivity (Wildman–Crippen MR) is 101 cm³/mol. The number of ether oxygens (including phenoxy) is 1. The van der Waals surface area contributed by atoms with Crippen LogP contribution in [0.3, 0.4) is 0 Å². The zero-order valence-corrected chi connectivity index (χ0v) is 14.7. The van der Waals surface area contributed by atoms with Gasteiger partial charge in [-0.2, -0.15) is 0 Å². The van der Waals surface area contributed by atoms with Crippen molar-refractivity contribution in [2.24, 2.45) is 0 Å². The van der Waals surface area contributed by atoms with Crippen molar-refractivity contribution in [2.75, 3.05) is 5.32 Å². The van der Waals surface area contributed by atoms with Crippen molar-refractivity contribution in [2.45, 2.75) is 20.1 Å². The molecule has 25 heavy (non-hydrogen) atoms. The van der Waals surface area contributed by atoms with Crippen LogP contribution in [0.1, 0.15) is 16.7 Å². The molecule has 0 atom stereocenters. The zero-order chi connectivity index (χ0) is 17.6. The minimum absolute atomic E-state index is 0.146. The summed E-state index contributed by atoms with van der Waals surface area (Å²) in [5, 5.41) is 3.88. The van der Waals surface area contributed by atoms with E-state index in [2.05, 4.69) is 24.4 Å². The van der Waals surface area contributed by atoms with Crippen LogP contribution < -0.4 is 10.1 Å². The van der Waals surface area contributed by atoms with Crippen LogP contribution in [0, 0.1) is 12.7 Å². The molecule has 0 radical (unpaired) electrons. The summed E-state index contributed by atoms with van der Waals surface area (Å²) in [5.74, 6) is 0.266. The van der Waals surface area contributed by atoms with Crippen molar-refractivity contribution in [1.29, 1.82) is 0 Å². The Bertz CT molecular complexity index is 866. The maximum atomic E-state index is 13.6. The van der Waals surface area contributed by atoms with Crippen molar-refractivity contribution in [3.05, 3.63) is 94.3 Å². The van der Waals surface area contributed by atoms with Crippen molar-refractivity contribution >= 4 is 17.3 Å². The van der Waals surface area contributed by atoms with E-state index < -0.39 is 0 Å². The van der Waals surface area contributed by atoms with Crippen LogP contribution in [0.5, 0.6) is 5.75 Å². The lowest BCUT2D eigenvalue weighted by atomic mass is 10.2. The third kappa shape index (κ3) is 4.74. The van der Waals surface area contributed by atoms with Crippen molar-refractivity contribution in [3.8, 4) is 5.75 Å². The summed E-state index contributed by atoms with van der Waals surface area (Å²) in [6, 6.07) is 20.4. The average molecular weight is 356 g/mol. The lowest BCUT2D eigenvalue weighted by Gasteiger charge is -2.11. The number of nitrogens with one attached hydrogen (secondary N) is 1. The molecule has 0 heterocycles. The molecule has 0 aliphatic rings. The van der Waals surface area contributed by atoms with Crippen LogP contribution in [-0.2, 0) is 13.2 Å². The van der Waals surface area contributed by atoms with E-state index >= 15 is 0 Å². The highest BCUT2D eigenvalue weighted by Crippen LogP contribution is 2.27. The van der Waals surface area contributed by atoms with Crippen molar-refractivity contribution < 1.29 is 9.13 Å². The van der Waals surface area contributed by atoms with Gasteiger partial charge in [-0.3, -0.25) is 0 Å². The highest BCUT2D eigenvalue weighted by Gasteiger charge is 2.06. The minimum Gasteiger partial charge on any atom is -0.487 e. The van der Waals surface area contributed by atoms with E-state index in [0.29, 0.717) is 22.9 Å². The van der Waals surface area contributed by atoms with Gasteiger partial charge < -0.3 is 10.1 Å². The molecule has 0 bridgehead atoms. The van der Waals surface area contributed by atoms with Crippen LogP contribution in [-0.4, -0.2) is 0 Å². The summed E-state index contributed by atoms with van der Waals surface area (Å²) in [5.41, 5.74) is 3.82. The third-order valence-electron chi connectivity index (χ3n) is 3.85. The van der Waals surface area contributed by atoms with Crippen LogP contribution in [0.4, 0.5) is 10.1 Å². The molecule has 0 saturated carbocycles. The SMILES string of the molecule is Cc1cccc(NCc2ccc(OCc3ccccc3F)c(Cl)c2)c1. The monoisotopic (exact) mass is 355 g/mol. The number of anilines is 1. The molecule has 0 aliphatic carbocycles. The summed E-state index contributed by atoms with van der Waals surface area (Å²) in [4.78, 5) is 0. The second kappa shape index (κ2) is 8.04. The maximum absolute atomic E-state index is 13.6. The molecule has 3 rings (SSSR count). The van der Waals surface area contributed by atoms with Crippen LogP contribution in [0.2, 0.25) is 5.02 Å². The fraction of sp³-hybridized carbons (Fsp3) is 0.143. The second-order valence-electron chi connectivity index (χ2n) is 5.87. The molecule has 4 heteroatoms. The summed E-state index contributed by atoms with van der Waals surface area (Å²) in [7, 11) is 0. The largest absolute Gasteiger partial charge is 0.487 e. The molecule has 0 amide bonds.